The molecule has 2 aromatic rings. The topological polar surface area (TPSA) is 71.5 Å². The number of rotatable bonds is 6. The molecule has 2 heterocycles. The van der Waals surface area contributed by atoms with Crippen molar-refractivity contribution in [2.45, 2.75) is 6.92 Å². The monoisotopic (exact) mass is 315 g/mol. The van der Waals surface area contributed by atoms with E-state index in [0.29, 0.717) is 5.95 Å². The van der Waals surface area contributed by atoms with Crippen LogP contribution in [0.2, 0.25) is 0 Å². The first-order chi connectivity index (χ1) is 11.1. The third kappa shape index (κ3) is 4.01. The van der Waals surface area contributed by atoms with E-state index in [1.807, 2.05) is 45.3 Å². The molecular weight excluding hydrogens is 294 g/mol. The van der Waals surface area contributed by atoms with Gasteiger partial charge in [0.15, 0.2) is 11.5 Å². The highest BCUT2D eigenvalue weighted by Gasteiger charge is 2.13. The Morgan fingerprint density at radius 2 is 1.96 bits per heavy atom. The summed E-state index contributed by atoms with van der Waals surface area (Å²) in [5, 5.41) is 6.51. The molecule has 0 radical (unpaired) electrons. The van der Waals surface area contributed by atoms with Gasteiger partial charge in [-0.05, 0) is 33.2 Å². The summed E-state index contributed by atoms with van der Waals surface area (Å²) in [4.78, 5) is 11.0. The summed E-state index contributed by atoms with van der Waals surface area (Å²) in [5.41, 5.74) is 1.79. The molecule has 0 fully saturated rings. The lowest BCUT2D eigenvalue weighted by molar-refractivity contribution is 0.174. The number of aryl methyl sites for hydroxylation is 1. The fourth-order valence-corrected chi connectivity index (χ4v) is 2.23. The molecule has 0 atom stereocenters. The quantitative estimate of drug-likeness (QED) is 0.847. The number of anilines is 3. The molecule has 1 aromatic heterocycles. The van der Waals surface area contributed by atoms with Crippen molar-refractivity contribution in [3.8, 4) is 11.5 Å². The van der Waals surface area contributed by atoms with Crippen LogP contribution >= 0.6 is 0 Å². The van der Waals surface area contributed by atoms with E-state index in [4.69, 9.17) is 9.47 Å². The van der Waals surface area contributed by atoms with Crippen LogP contribution in [0.5, 0.6) is 11.5 Å². The van der Waals surface area contributed by atoms with Crippen LogP contribution in [0.4, 0.5) is 17.5 Å². The standard InChI is InChI=1S/C16H21N5O2/c1-11-8-15(20-16(18-11)17-6-7-21(2)3)19-12-4-5-13-14(9-12)23-10-22-13/h4-5,8-9H,6-7,10H2,1-3H3,(H2,17,18,19,20). The summed E-state index contributed by atoms with van der Waals surface area (Å²) in [5.74, 6) is 2.87. The van der Waals surface area contributed by atoms with Gasteiger partial charge in [-0.3, -0.25) is 0 Å². The van der Waals surface area contributed by atoms with Crippen molar-refractivity contribution >= 4 is 17.5 Å². The molecule has 2 N–H and O–H groups in total. The van der Waals surface area contributed by atoms with Gasteiger partial charge in [0.1, 0.15) is 5.82 Å². The van der Waals surface area contributed by atoms with Crippen LogP contribution in [0.3, 0.4) is 0 Å². The number of fused-ring (bicyclic) bond motifs is 1. The summed E-state index contributed by atoms with van der Waals surface area (Å²) in [7, 11) is 4.07. The van der Waals surface area contributed by atoms with E-state index in [9.17, 15) is 0 Å². The van der Waals surface area contributed by atoms with E-state index < -0.39 is 0 Å². The number of hydrogen-bond acceptors (Lipinski definition) is 7. The van der Waals surface area contributed by atoms with Gasteiger partial charge in [0.2, 0.25) is 12.7 Å². The Bertz CT molecular complexity index is 690. The molecule has 122 valence electrons. The Morgan fingerprint density at radius 3 is 2.78 bits per heavy atom. The molecule has 23 heavy (non-hydrogen) atoms. The zero-order valence-electron chi connectivity index (χ0n) is 13.6. The molecule has 7 heteroatoms. The summed E-state index contributed by atoms with van der Waals surface area (Å²) >= 11 is 0. The molecule has 0 unspecified atom stereocenters. The number of nitrogens with zero attached hydrogens (tertiary/aromatic N) is 3. The fraction of sp³-hybridized carbons (Fsp3) is 0.375. The van der Waals surface area contributed by atoms with E-state index in [-0.39, 0.29) is 6.79 Å². The summed E-state index contributed by atoms with van der Waals surface area (Å²) in [6, 6.07) is 7.62. The second-order valence-corrected chi connectivity index (χ2v) is 5.64. The Morgan fingerprint density at radius 1 is 1.13 bits per heavy atom. The first-order valence-electron chi connectivity index (χ1n) is 7.51. The number of hydrogen-bond donors (Lipinski definition) is 2. The molecule has 0 saturated carbocycles. The average molecular weight is 315 g/mol. The smallest absolute Gasteiger partial charge is 0.231 e. The first-order valence-corrected chi connectivity index (χ1v) is 7.51. The van der Waals surface area contributed by atoms with E-state index in [1.165, 1.54) is 0 Å². The SMILES string of the molecule is Cc1cc(Nc2ccc3c(c2)OCO3)nc(NCCN(C)C)n1. The van der Waals surface area contributed by atoms with E-state index in [0.717, 1.165) is 41.8 Å². The average Bonchev–Trinajstić information content (AvgIpc) is 2.94. The van der Waals surface area contributed by atoms with Crippen molar-refractivity contribution in [1.29, 1.82) is 0 Å². The lowest BCUT2D eigenvalue weighted by Gasteiger charge is -2.12. The van der Waals surface area contributed by atoms with Crippen LogP contribution in [0.15, 0.2) is 24.3 Å². The van der Waals surface area contributed by atoms with Crippen LogP contribution in [0.25, 0.3) is 0 Å². The third-order valence-corrected chi connectivity index (χ3v) is 3.34. The van der Waals surface area contributed by atoms with Crippen molar-refractivity contribution in [3.05, 3.63) is 30.0 Å². The van der Waals surface area contributed by atoms with Crippen molar-refractivity contribution in [2.75, 3.05) is 44.6 Å². The van der Waals surface area contributed by atoms with Crippen molar-refractivity contribution in [2.24, 2.45) is 0 Å². The van der Waals surface area contributed by atoms with Crippen molar-refractivity contribution in [3.63, 3.8) is 0 Å². The molecule has 1 aromatic carbocycles. The number of benzene rings is 1. The Kier molecular flexibility index (Phi) is 4.47. The fourth-order valence-electron chi connectivity index (χ4n) is 2.23. The molecule has 0 spiro atoms. The van der Waals surface area contributed by atoms with Gasteiger partial charge in [-0.1, -0.05) is 0 Å². The van der Waals surface area contributed by atoms with Gasteiger partial charge in [-0.15, -0.1) is 0 Å². The predicted octanol–water partition coefficient (Wildman–Crippen LogP) is 2.23. The molecule has 0 aliphatic carbocycles. The summed E-state index contributed by atoms with van der Waals surface area (Å²) in [6.07, 6.45) is 0. The maximum Gasteiger partial charge on any atom is 0.231 e. The second-order valence-electron chi connectivity index (χ2n) is 5.64. The van der Waals surface area contributed by atoms with Crippen LogP contribution in [-0.2, 0) is 0 Å². The lowest BCUT2D eigenvalue weighted by atomic mass is 10.2. The molecule has 1 aliphatic rings. The highest BCUT2D eigenvalue weighted by Crippen LogP contribution is 2.34. The number of aromatic nitrogens is 2. The zero-order valence-corrected chi connectivity index (χ0v) is 13.6. The normalized spacial score (nSPS) is 12.5. The minimum Gasteiger partial charge on any atom is -0.454 e. The van der Waals surface area contributed by atoms with Gasteiger partial charge in [-0.2, -0.15) is 4.98 Å². The van der Waals surface area contributed by atoms with Crippen LogP contribution in [-0.4, -0.2) is 48.8 Å². The Labute approximate surface area is 135 Å². The third-order valence-electron chi connectivity index (χ3n) is 3.34. The number of nitrogens with one attached hydrogen (secondary N) is 2. The Hall–Kier alpha value is -2.54. The van der Waals surface area contributed by atoms with Gasteiger partial charge in [0.05, 0.1) is 0 Å². The van der Waals surface area contributed by atoms with Gasteiger partial charge in [-0.25, -0.2) is 4.98 Å². The summed E-state index contributed by atoms with van der Waals surface area (Å²) < 4.78 is 10.7. The zero-order chi connectivity index (χ0) is 16.2. The predicted molar refractivity (Wildman–Crippen MR) is 89.7 cm³/mol. The van der Waals surface area contributed by atoms with Crippen molar-refractivity contribution in [1.82, 2.24) is 14.9 Å². The Balaban J connectivity index is 1.71. The van der Waals surface area contributed by atoms with E-state index >= 15 is 0 Å². The molecule has 3 rings (SSSR count). The number of likely N-dealkylation sites (N-methyl/N-ethyl adjacent to an activating group) is 1. The molecule has 0 amide bonds. The van der Waals surface area contributed by atoms with Gasteiger partial charge >= 0.3 is 0 Å². The van der Waals surface area contributed by atoms with Gasteiger partial charge in [0, 0.05) is 36.6 Å². The van der Waals surface area contributed by atoms with Gasteiger partial charge in [0.25, 0.3) is 0 Å². The van der Waals surface area contributed by atoms with E-state index in [1.54, 1.807) is 0 Å². The van der Waals surface area contributed by atoms with Crippen molar-refractivity contribution < 1.29 is 9.47 Å². The molecule has 7 nitrogen and oxygen atoms in total. The lowest BCUT2D eigenvalue weighted by Crippen LogP contribution is -2.21. The number of ether oxygens (including phenoxy) is 2. The minimum atomic E-state index is 0.269. The molecule has 0 saturated heterocycles. The molecular formula is C16H21N5O2. The minimum absolute atomic E-state index is 0.269. The van der Waals surface area contributed by atoms with Gasteiger partial charge < -0.3 is 25.0 Å². The second kappa shape index (κ2) is 6.70. The molecule has 0 bridgehead atoms. The molecule has 1 aliphatic heterocycles. The summed E-state index contributed by atoms with van der Waals surface area (Å²) in [6.45, 7) is 3.93. The van der Waals surface area contributed by atoms with Crippen LogP contribution in [0, 0.1) is 6.92 Å². The van der Waals surface area contributed by atoms with Crippen LogP contribution < -0.4 is 20.1 Å². The maximum atomic E-state index is 5.39. The van der Waals surface area contributed by atoms with Crippen LogP contribution in [0.1, 0.15) is 5.69 Å². The van der Waals surface area contributed by atoms with E-state index in [2.05, 4.69) is 25.5 Å². The highest BCUT2D eigenvalue weighted by molar-refractivity contribution is 5.62. The highest BCUT2D eigenvalue weighted by atomic mass is 16.7. The largest absolute Gasteiger partial charge is 0.454 e. The maximum absolute atomic E-state index is 5.39. The first kappa shape index (κ1) is 15.4.